The van der Waals surface area contributed by atoms with Gasteiger partial charge < -0.3 is 14.8 Å². The van der Waals surface area contributed by atoms with Gasteiger partial charge in [0.15, 0.2) is 11.5 Å². The summed E-state index contributed by atoms with van der Waals surface area (Å²) < 4.78 is 12.5. The molecule has 3 aromatic rings. The molecule has 0 unspecified atom stereocenters. The molecule has 0 aliphatic rings. The SMILES string of the molecule is CCOc1cc(C=NNC(=O)CC(=O)Nc2ccc(C)c(C)c2)cc(Br)c1OCc1ccc(C)cc1. The van der Waals surface area contributed by atoms with Gasteiger partial charge in [0.1, 0.15) is 13.0 Å². The maximum Gasteiger partial charge on any atom is 0.249 e. The number of amides is 2. The number of hydrogen-bond acceptors (Lipinski definition) is 5. The first-order chi connectivity index (χ1) is 17.2. The van der Waals surface area contributed by atoms with Gasteiger partial charge in [-0.25, -0.2) is 5.43 Å². The van der Waals surface area contributed by atoms with Crippen LogP contribution in [-0.4, -0.2) is 24.6 Å². The smallest absolute Gasteiger partial charge is 0.249 e. The van der Waals surface area contributed by atoms with Crippen molar-refractivity contribution in [1.82, 2.24) is 5.43 Å². The highest BCUT2D eigenvalue weighted by Gasteiger charge is 2.13. The van der Waals surface area contributed by atoms with E-state index in [1.165, 1.54) is 11.8 Å². The Morgan fingerprint density at radius 3 is 2.39 bits per heavy atom. The van der Waals surface area contributed by atoms with Crippen LogP contribution in [0.3, 0.4) is 0 Å². The second-order valence-electron chi connectivity index (χ2n) is 8.35. The Bertz CT molecular complexity index is 1260. The van der Waals surface area contributed by atoms with Crippen LogP contribution in [0.25, 0.3) is 0 Å². The number of hydrazone groups is 1. The van der Waals surface area contributed by atoms with E-state index in [1.807, 2.05) is 70.2 Å². The summed E-state index contributed by atoms with van der Waals surface area (Å²) in [6.07, 6.45) is 1.14. The second kappa shape index (κ2) is 12.9. The molecule has 36 heavy (non-hydrogen) atoms. The molecule has 0 atom stereocenters. The standard InChI is InChI=1S/C28H30BrN3O4/c1-5-35-25-14-22(13-24(29)28(25)36-17-21-9-6-18(2)7-10-21)16-30-32-27(34)15-26(33)31-23-11-8-19(3)20(4)12-23/h6-14,16H,5,15,17H2,1-4H3,(H,31,33)(H,32,34). The van der Waals surface area contributed by atoms with Gasteiger partial charge in [0, 0.05) is 5.69 Å². The normalized spacial score (nSPS) is 10.8. The molecule has 0 aromatic heterocycles. The number of rotatable bonds is 10. The van der Waals surface area contributed by atoms with Crippen molar-refractivity contribution in [1.29, 1.82) is 0 Å². The Morgan fingerprint density at radius 2 is 1.69 bits per heavy atom. The summed E-state index contributed by atoms with van der Waals surface area (Å²) in [5.41, 5.74) is 8.15. The number of halogens is 1. The third kappa shape index (κ3) is 7.95. The molecule has 3 aromatic carbocycles. The van der Waals surface area contributed by atoms with Gasteiger partial charge in [0.25, 0.3) is 0 Å². The molecule has 0 fully saturated rings. The van der Waals surface area contributed by atoms with Gasteiger partial charge in [-0.1, -0.05) is 35.9 Å². The van der Waals surface area contributed by atoms with Gasteiger partial charge in [-0.2, -0.15) is 5.10 Å². The fraction of sp³-hybridized carbons (Fsp3) is 0.250. The summed E-state index contributed by atoms with van der Waals surface area (Å²) in [7, 11) is 0. The van der Waals surface area contributed by atoms with E-state index in [0.717, 1.165) is 16.7 Å². The molecule has 0 heterocycles. The summed E-state index contributed by atoms with van der Waals surface area (Å²) in [5, 5.41) is 6.70. The van der Waals surface area contributed by atoms with Crippen LogP contribution >= 0.6 is 15.9 Å². The highest BCUT2D eigenvalue weighted by molar-refractivity contribution is 9.10. The molecular weight excluding hydrogens is 522 g/mol. The largest absolute Gasteiger partial charge is 0.490 e. The van der Waals surface area contributed by atoms with Crippen molar-refractivity contribution in [2.24, 2.45) is 5.10 Å². The van der Waals surface area contributed by atoms with Crippen LogP contribution in [0, 0.1) is 20.8 Å². The predicted octanol–water partition coefficient (Wildman–Crippen LogP) is 5.83. The first-order valence-electron chi connectivity index (χ1n) is 11.6. The van der Waals surface area contributed by atoms with Crippen molar-refractivity contribution >= 4 is 39.6 Å². The molecular formula is C28H30BrN3O4. The third-order valence-corrected chi connectivity index (χ3v) is 5.94. The van der Waals surface area contributed by atoms with Gasteiger partial charge in [0.2, 0.25) is 11.8 Å². The number of benzene rings is 3. The van der Waals surface area contributed by atoms with E-state index < -0.39 is 11.8 Å². The number of ether oxygens (including phenoxy) is 2. The van der Waals surface area contributed by atoms with E-state index in [9.17, 15) is 9.59 Å². The zero-order chi connectivity index (χ0) is 26.1. The van der Waals surface area contributed by atoms with E-state index in [1.54, 1.807) is 12.1 Å². The van der Waals surface area contributed by atoms with E-state index in [4.69, 9.17) is 9.47 Å². The minimum Gasteiger partial charge on any atom is -0.490 e. The van der Waals surface area contributed by atoms with E-state index >= 15 is 0 Å². The lowest BCUT2D eigenvalue weighted by Gasteiger charge is -2.15. The first-order valence-corrected chi connectivity index (χ1v) is 12.4. The fourth-order valence-corrected chi connectivity index (χ4v) is 3.87. The van der Waals surface area contributed by atoms with Gasteiger partial charge in [0.05, 0.1) is 17.3 Å². The van der Waals surface area contributed by atoms with Crippen molar-refractivity contribution in [2.45, 2.75) is 40.7 Å². The highest BCUT2D eigenvalue weighted by Crippen LogP contribution is 2.37. The number of carbonyl (C=O) groups excluding carboxylic acids is 2. The van der Waals surface area contributed by atoms with Crippen LogP contribution in [0.15, 0.2) is 64.2 Å². The van der Waals surface area contributed by atoms with Gasteiger partial charge in [-0.15, -0.1) is 0 Å². The summed E-state index contributed by atoms with van der Waals surface area (Å²) in [6.45, 7) is 8.74. The first kappa shape index (κ1) is 26.9. The topological polar surface area (TPSA) is 89.0 Å². The minimum absolute atomic E-state index is 0.343. The van der Waals surface area contributed by atoms with Gasteiger partial charge in [-0.05, 0) is 90.1 Å². The zero-order valence-electron chi connectivity index (χ0n) is 20.9. The number of carbonyl (C=O) groups is 2. The Balaban J connectivity index is 1.59. The Kier molecular flexibility index (Phi) is 9.64. The summed E-state index contributed by atoms with van der Waals surface area (Å²) in [6, 6.07) is 17.3. The Labute approximate surface area is 220 Å². The Hall–Kier alpha value is -3.65. The molecule has 2 amide bonds. The maximum absolute atomic E-state index is 12.2. The monoisotopic (exact) mass is 551 g/mol. The molecule has 0 saturated heterocycles. The molecule has 3 rings (SSSR count). The average Bonchev–Trinajstić information content (AvgIpc) is 2.82. The van der Waals surface area contributed by atoms with E-state index in [0.29, 0.717) is 40.4 Å². The minimum atomic E-state index is -0.519. The summed E-state index contributed by atoms with van der Waals surface area (Å²) in [4.78, 5) is 24.3. The maximum atomic E-state index is 12.2. The third-order valence-electron chi connectivity index (χ3n) is 5.35. The lowest BCUT2D eigenvalue weighted by Crippen LogP contribution is -2.24. The van der Waals surface area contributed by atoms with E-state index in [2.05, 4.69) is 31.8 Å². The van der Waals surface area contributed by atoms with Crippen molar-refractivity contribution in [2.75, 3.05) is 11.9 Å². The highest BCUT2D eigenvalue weighted by atomic mass is 79.9. The van der Waals surface area contributed by atoms with Crippen molar-refractivity contribution < 1.29 is 19.1 Å². The second-order valence-corrected chi connectivity index (χ2v) is 9.21. The summed E-state index contributed by atoms with van der Waals surface area (Å²) >= 11 is 3.54. The number of hydrogen-bond donors (Lipinski definition) is 2. The average molecular weight is 552 g/mol. The Morgan fingerprint density at radius 1 is 0.944 bits per heavy atom. The van der Waals surface area contributed by atoms with Crippen LogP contribution < -0.4 is 20.2 Å². The van der Waals surface area contributed by atoms with Crippen molar-refractivity contribution in [3.63, 3.8) is 0 Å². The molecule has 0 bridgehead atoms. The molecule has 0 radical (unpaired) electrons. The number of anilines is 1. The zero-order valence-corrected chi connectivity index (χ0v) is 22.4. The molecule has 0 spiro atoms. The molecule has 0 aliphatic heterocycles. The molecule has 7 nitrogen and oxygen atoms in total. The van der Waals surface area contributed by atoms with Gasteiger partial charge in [-0.3, -0.25) is 9.59 Å². The van der Waals surface area contributed by atoms with E-state index in [-0.39, 0.29) is 6.42 Å². The number of aryl methyl sites for hydroxylation is 3. The fourth-order valence-electron chi connectivity index (χ4n) is 3.29. The quantitative estimate of drug-likeness (QED) is 0.188. The van der Waals surface area contributed by atoms with Gasteiger partial charge >= 0.3 is 0 Å². The van der Waals surface area contributed by atoms with Crippen LogP contribution in [0.2, 0.25) is 0 Å². The van der Waals surface area contributed by atoms with Crippen molar-refractivity contribution in [3.05, 3.63) is 86.9 Å². The number of nitrogens with zero attached hydrogens (tertiary/aromatic N) is 1. The lowest BCUT2D eigenvalue weighted by atomic mass is 10.1. The van der Waals surface area contributed by atoms with Crippen LogP contribution in [0.4, 0.5) is 5.69 Å². The predicted molar refractivity (Wildman–Crippen MR) is 146 cm³/mol. The molecule has 0 aliphatic carbocycles. The van der Waals surface area contributed by atoms with Crippen molar-refractivity contribution in [3.8, 4) is 11.5 Å². The molecule has 2 N–H and O–H groups in total. The number of nitrogens with one attached hydrogen (secondary N) is 2. The lowest BCUT2D eigenvalue weighted by molar-refractivity contribution is -0.126. The van der Waals surface area contributed by atoms with Crippen LogP contribution in [0.5, 0.6) is 11.5 Å². The van der Waals surface area contributed by atoms with Crippen LogP contribution in [0.1, 0.15) is 41.2 Å². The molecule has 8 heteroatoms. The summed E-state index contributed by atoms with van der Waals surface area (Å²) in [5.74, 6) is 0.207. The molecule has 0 saturated carbocycles. The van der Waals surface area contributed by atoms with Crippen LogP contribution in [-0.2, 0) is 16.2 Å². The molecule has 188 valence electrons.